The molecule has 2 saturated heterocycles. The number of benzene rings is 1. The van der Waals surface area contributed by atoms with E-state index in [1.807, 2.05) is 4.90 Å². The number of hydrogen-bond acceptors (Lipinski definition) is 6. The smallest absolute Gasteiger partial charge is 0.409 e. The molecule has 0 N–H and O–H groups in total. The molecule has 3 heterocycles. The second kappa shape index (κ2) is 8.98. The van der Waals surface area contributed by atoms with Crippen LogP contribution in [0.25, 0.3) is 0 Å². The van der Waals surface area contributed by atoms with Gasteiger partial charge in [0.15, 0.2) is 0 Å². The minimum absolute atomic E-state index is 0.0369. The van der Waals surface area contributed by atoms with E-state index < -0.39 is 11.8 Å². The van der Waals surface area contributed by atoms with Crippen molar-refractivity contribution in [2.75, 3.05) is 52.4 Å². The van der Waals surface area contributed by atoms with Gasteiger partial charge in [-0.25, -0.2) is 4.79 Å². The van der Waals surface area contributed by atoms with Crippen LogP contribution >= 0.6 is 0 Å². The van der Waals surface area contributed by atoms with E-state index in [1.165, 1.54) is 0 Å². The zero-order valence-electron chi connectivity index (χ0n) is 19.9. The van der Waals surface area contributed by atoms with Crippen LogP contribution in [0.1, 0.15) is 46.9 Å². The number of carbonyl (C=O) groups is 5. The van der Waals surface area contributed by atoms with Crippen LogP contribution in [0.15, 0.2) is 24.3 Å². The second-order valence-electron chi connectivity index (χ2n) is 9.75. The van der Waals surface area contributed by atoms with Crippen molar-refractivity contribution in [3.05, 3.63) is 35.4 Å². The molecule has 5 amide bonds. The first-order valence-corrected chi connectivity index (χ1v) is 12.3. The quantitative estimate of drug-likeness (QED) is 0.597. The fourth-order valence-electron chi connectivity index (χ4n) is 5.61. The minimum atomic E-state index is -0.427. The maximum Gasteiger partial charge on any atom is 0.409 e. The average Bonchev–Trinajstić information content (AvgIpc) is 3.53. The number of piperidine rings is 1. The summed E-state index contributed by atoms with van der Waals surface area (Å²) in [5.74, 6) is -0.996. The van der Waals surface area contributed by atoms with E-state index in [9.17, 15) is 24.0 Å². The third-order valence-electron chi connectivity index (χ3n) is 7.89. The lowest BCUT2D eigenvalue weighted by Gasteiger charge is -2.36. The van der Waals surface area contributed by atoms with Crippen LogP contribution < -0.4 is 0 Å². The largest absolute Gasteiger partial charge is 0.450 e. The molecular weight excluding hydrogens is 452 g/mol. The van der Waals surface area contributed by atoms with Crippen LogP contribution in [0.5, 0.6) is 0 Å². The topological polar surface area (TPSA) is 108 Å². The Hall–Kier alpha value is -3.43. The van der Waals surface area contributed by atoms with Gasteiger partial charge in [-0.15, -0.1) is 0 Å². The third-order valence-corrected chi connectivity index (χ3v) is 7.89. The van der Waals surface area contributed by atoms with Crippen molar-refractivity contribution in [1.82, 2.24) is 19.6 Å². The standard InChI is InChI=1S/C25H30N4O6/c1-2-35-24(34)28-13-11-27(12-14-28)23(33)19-15-25(19)7-9-26(10-8-25)20(30)16-29-21(31)17-5-3-4-6-18(17)22(29)32/h3-6,19H,2,7-16H2,1H3. The van der Waals surface area contributed by atoms with Crippen LogP contribution in [0.3, 0.4) is 0 Å². The van der Waals surface area contributed by atoms with Gasteiger partial charge in [-0.2, -0.15) is 0 Å². The predicted octanol–water partition coefficient (Wildman–Crippen LogP) is 1.21. The molecule has 1 atom stereocenters. The van der Waals surface area contributed by atoms with E-state index in [1.54, 1.807) is 41.0 Å². The van der Waals surface area contributed by atoms with Gasteiger partial charge in [0.1, 0.15) is 6.54 Å². The van der Waals surface area contributed by atoms with Crippen molar-refractivity contribution >= 4 is 29.7 Å². The molecule has 1 aliphatic carbocycles. The monoisotopic (exact) mass is 482 g/mol. The SMILES string of the molecule is CCOC(=O)N1CCN(C(=O)C2CC23CCN(C(=O)CN2C(=O)c4ccccc4C2=O)CC3)CC1. The van der Waals surface area contributed by atoms with Crippen LogP contribution in [0.4, 0.5) is 4.79 Å². The molecule has 0 radical (unpaired) electrons. The number of likely N-dealkylation sites (tertiary alicyclic amines) is 1. The highest BCUT2D eigenvalue weighted by atomic mass is 16.6. The van der Waals surface area contributed by atoms with Crippen molar-refractivity contribution in [3.8, 4) is 0 Å². The Labute approximate surface area is 203 Å². The van der Waals surface area contributed by atoms with E-state index in [2.05, 4.69) is 0 Å². The van der Waals surface area contributed by atoms with E-state index in [4.69, 9.17) is 4.74 Å². The molecule has 186 valence electrons. The Balaban J connectivity index is 1.10. The van der Waals surface area contributed by atoms with E-state index in [0.717, 1.165) is 24.2 Å². The fourth-order valence-corrected chi connectivity index (χ4v) is 5.61. The number of fused-ring (bicyclic) bond motifs is 1. The summed E-state index contributed by atoms with van der Waals surface area (Å²) in [4.78, 5) is 69.2. The molecular formula is C25H30N4O6. The summed E-state index contributed by atoms with van der Waals surface area (Å²) in [6.07, 6.45) is 1.96. The van der Waals surface area contributed by atoms with Crippen molar-refractivity contribution in [3.63, 3.8) is 0 Å². The van der Waals surface area contributed by atoms with Crippen molar-refractivity contribution in [2.24, 2.45) is 11.3 Å². The molecule has 1 aromatic carbocycles. The number of piperazine rings is 1. The van der Waals surface area contributed by atoms with Crippen LogP contribution in [-0.4, -0.2) is 102 Å². The van der Waals surface area contributed by atoms with E-state index in [0.29, 0.717) is 57.0 Å². The van der Waals surface area contributed by atoms with Gasteiger partial charge in [-0.3, -0.25) is 24.1 Å². The highest BCUT2D eigenvalue weighted by Crippen LogP contribution is 2.60. The molecule has 0 bridgehead atoms. The molecule has 1 saturated carbocycles. The maximum atomic E-state index is 13.1. The number of rotatable bonds is 4. The first-order chi connectivity index (χ1) is 16.8. The van der Waals surface area contributed by atoms with Gasteiger partial charge in [-0.05, 0) is 43.7 Å². The lowest BCUT2D eigenvalue weighted by Crippen LogP contribution is -2.51. The number of hydrogen-bond donors (Lipinski definition) is 0. The zero-order valence-corrected chi connectivity index (χ0v) is 19.9. The number of imide groups is 1. The Morgan fingerprint density at radius 1 is 0.886 bits per heavy atom. The average molecular weight is 483 g/mol. The predicted molar refractivity (Wildman–Crippen MR) is 123 cm³/mol. The lowest BCUT2D eigenvalue weighted by molar-refractivity contribution is -0.136. The second-order valence-corrected chi connectivity index (χ2v) is 9.75. The molecule has 4 aliphatic rings. The first kappa shape index (κ1) is 23.3. The van der Waals surface area contributed by atoms with Gasteiger partial charge in [0.2, 0.25) is 11.8 Å². The van der Waals surface area contributed by atoms with Gasteiger partial charge in [0.25, 0.3) is 11.8 Å². The Morgan fingerprint density at radius 2 is 1.46 bits per heavy atom. The summed E-state index contributed by atoms with van der Waals surface area (Å²) in [7, 11) is 0. The maximum absolute atomic E-state index is 13.1. The third kappa shape index (κ3) is 4.15. The van der Waals surface area contributed by atoms with Crippen LogP contribution in [0.2, 0.25) is 0 Å². The van der Waals surface area contributed by atoms with E-state index >= 15 is 0 Å². The van der Waals surface area contributed by atoms with E-state index in [-0.39, 0.29) is 35.8 Å². The van der Waals surface area contributed by atoms with Gasteiger partial charge in [-0.1, -0.05) is 12.1 Å². The summed E-state index contributed by atoms with van der Waals surface area (Å²) in [6.45, 7) is 4.85. The summed E-state index contributed by atoms with van der Waals surface area (Å²) >= 11 is 0. The Morgan fingerprint density at radius 3 is 2.03 bits per heavy atom. The molecule has 35 heavy (non-hydrogen) atoms. The molecule has 5 rings (SSSR count). The number of amides is 5. The zero-order chi connectivity index (χ0) is 24.7. The minimum Gasteiger partial charge on any atom is -0.450 e. The lowest BCUT2D eigenvalue weighted by atomic mass is 9.90. The number of carbonyl (C=O) groups excluding carboxylic acids is 5. The van der Waals surface area contributed by atoms with Crippen molar-refractivity contribution in [1.29, 1.82) is 0 Å². The normalized spacial score (nSPS) is 22.9. The molecule has 3 aliphatic heterocycles. The number of ether oxygens (including phenoxy) is 1. The van der Waals surface area contributed by atoms with Gasteiger partial charge >= 0.3 is 6.09 Å². The summed E-state index contributed by atoms with van der Waals surface area (Å²) in [6, 6.07) is 6.61. The van der Waals surface area contributed by atoms with Crippen molar-refractivity contribution in [2.45, 2.75) is 26.2 Å². The van der Waals surface area contributed by atoms with Crippen molar-refractivity contribution < 1.29 is 28.7 Å². The first-order valence-electron chi connectivity index (χ1n) is 12.3. The number of nitrogens with zero attached hydrogens (tertiary/aromatic N) is 4. The molecule has 10 nitrogen and oxygen atoms in total. The van der Waals surface area contributed by atoms with Gasteiger partial charge in [0, 0.05) is 45.2 Å². The molecule has 0 aromatic heterocycles. The summed E-state index contributed by atoms with van der Waals surface area (Å²) in [5.41, 5.74) is 0.609. The molecule has 1 aromatic rings. The molecule has 10 heteroatoms. The summed E-state index contributed by atoms with van der Waals surface area (Å²) < 4.78 is 5.04. The van der Waals surface area contributed by atoms with Gasteiger partial charge < -0.3 is 19.4 Å². The van der Waals surface area contributed by atoms with Crippen LogP contribution in [0, 0.1) is 11.3 Å². The Bertz CT molecular complexity index is 1040. The Kier molecular flexibility index (Phi) is 5.98. The molecule has 1 spiro atoms. The molecule has 1 unspecified atom stereocenters. The van der Waals surface area contributed by atoms with Gasteiger partial charge in [0.05, 0.1) is 17.7 Å². The van der Waals surface area contributed by atoms with Crippen LogP contribution in [-0.2, 0) is 14.3 Å². The summed E-state index contributed by atoms with van der Waals surface area (Å²) in [5, 5.41) is 0. The molecule has 3 fully saturated rings. The highest BCUT2D eigenvalue weighted by Gasteiger charge is 2.59. The fraction of sp³-hybridized carbons (Fsp3) is 0.560. The highest BCUT2D eigenvalue weighted by molar-refractivity contribution is 6.22.